The van der Waals surface area contributed by atoms with Gasteiger partial charge in [0.05, 0.1) is 36.5 Å². The molecule has 0 radical (unpaired) electrons. The second-order valence-electron chi connectivity index (χ2n) is 36.3. The van der Waals surface area contributed by atoms with Crippen LogP contribution in [0.15, 0.2) is 201 Å². The summed E-state index contributed by atoms with van der Waals surface area (Å²) < 4.78 is 1.97. The molecule has 7 aromatic rings. The zero-order valence-corrected chi connectivity index (χ0v) is 78.9. The van der Waals surface area contributed by atoms with Gasteiger partial charge < -0.3 is 87.1 Å². The second-order valence-corrected chi connectivity index (χ2v) is 36.3. The molecule has 6 saturated heterocycles. The molecular weight excluding hydrogens is 1670 g/mol. The predicted molar refractivity (Wildman–Crippen MR) is 515 cm³/mol. The van der Waals surface area contributed by atoms with Gasteiger partial charge >= 0.3 is 30.2 Å². The third-order valence-corrected chi connectivity index (χ3v) is 24.9. The highest BCUT2D eigenvalue weighted by Crippen LogP contribution is 2.28. The van der Waals surface area contributed by atoms with Gasteiger partial charge in [0, 0.05) is 102 Å². The number of hydrogen-bond acceptors (Lipinski definition) is 12. The number of aromatic nitrogens is 2. The predicted octanol–water partition coefficient (Wildman–Crippen LogP) is 12.2. The summed E-state index contributed by atoms with van der Waals surface area (Å²) in [7, 11) is 0. The van der Waals surface area contributed by atoms with Crippen LogP contribution in [0.2, 0.25) is 0 Å². The zero-order chi connectivity index (χ0) is 94.3. The summed E-state index contributed by atoms with van der Waals surface area (Å²) in [5.41, 5.74) is 6.86. The van der Waals surface area contributed by atoms with E-state index in [0.29, 0.717) is 90.9 Å². The number of aryl methyl sites for hydroxylation is 3. The van der Waals surface area contributed by atoms with Crippen LogP contribution in [0.3, 0.4) is 0 Å². The zero-order valence-electron chi connectivity index (χ0n) is 78.9. The highest BCUT2D eigenvalue weighted by atomic mass is 16.2. The summed E-state index contributed by atoms with van der Waals surface area (Å²) in [6.45, 7) is 23.9. The van der Waals surface area contributed by atoms with E-state index in [1.807, 2.05) is 217 Å². The van der Waals surface area contributed by atoms with E-state index in [4.69, 9.17) is 0 Å². The van der Waals surface area contributed by atoms with Crippen molar-refractivity contribution < 1.29 is 52.7 Å². The van der Waals surface area contributed by atoms with Crippen molar-refractivity contribution in [2.75, 3.05) is 52.4 Å². The average Bonchev–Trinajstić information content (AvgIpc) is 1.65. The summed E-state index contributed by atoms with van der Waals surface area (Å²) in [4.78, 5) is 153. The van der Waals surface area contributed by atoms with Crippen LogP contribution in [0.1, 0.15) is 192 Å². The third-order valence-electron chi connectivity index (χ3n) is 24.9. The number of carbonyl (C=O) groups excluding carboxylic acids is 11. The van der Waals surface area contributed by atoms with Gasteiger partial charge in [-0.2, -0.15) is 0 Å². The number of imidazole rings is 1. The van der Waals surface area contributed by atoms with E-state index in [2.05, 4.69) is 101 Å². The summed E-state index contributed by atoms with van der Waals surface area (Å²) in [6, 6.07) is 56.4. The molecule has 0 spiro atoms. The quantitative estimate of drug-likeness (QED) is 0.0161. The van der Waals surface area contributed by atoms with Crippen molar-refractivity contribution in [3.63, 3.8) is 0 Å². The second kappa shape index (κ2) is 53.3. The fraction of sp³-hybridized carbons (Fsp3) is 0.515. The van der Waals surface area contributed by atoms with Crippen LogP contribution in [0.25, 0.3) is 0 Å². The molecule has 6 aliphatic heterocycles. The largest absolute Gasteiger partial charge is 0.354 e. The molecule has 29 heteroatoms. The fourth-order valence-corrected chi connectivity index (χ4v) is 18.4. The lowest BCUT2D eigenvalue weighted by Gasteiger charge is -2.29. The van der Waals surface area contributed by atoms with Crippen LogP contribution in [-0.2, 0) is 74.0 Å². The van der Waals surface area contributed by atoms with E-state index in [1.165, 1.54) is 30.4 Å². The Balaban J connectivity index is 0.000000172. The van der Waals surface area contributed by atoms with Gasteiger partial charge in [-0.05, 0) is 163 Å². The molecule has 7 fully saturated rings. The standard InChI is InChI=1S/C26H33N3O2.C23H34N4O3.C20H27N5O2.2C17H25N3O2/c30-25(27-22-16-8-3-9-17-22)24-23(19-21-13-6-2-7-14-21)28-26(31)29(24)18-10-15-20-11-4-1-5-12-20;1-2-3-14-24-22(29)21-19(13-12-18-9-5-4-6-10-18)25-23(30)27(21)17-8-16-26-15-7-11-20(26)28;1-15(2)22-19(26)18-17(13-16-7-4-3-5-8-16)23-20(27)25(18)11-6-10-24-12-9-21-14-24;1-4-10-20-15(14(12(2)3)19-17(20)22)16(21)18-11-13-8-6-5-7-9-13;1-4-10-20-15(16(21)18-12(2)3)14(19-17(20)22)11-13-8-6-5-7-9-13/h1-2,4-7,11-14,22-24H,3,8-10,15-19H2,(H,27,30)(H,28,31);4-6,9-10,19,21H,2-3,7-8,11-17H2,1H3,(H,24,29)(H,25,30);3-5,7-9,12,14-15,17-18H,6,10-11,13H2,1-2H3,(H,22,26)(H,23,27);2*5-9,12,14-15H,4,10-11H2,1-3H3,(H,18,21)(H,19,22). The van der Waals surface area contributed by atoms with E-state index >= 15 is 0 Å². The van der Waals surface area contributed by atoms with Crippen LogP contribution < -0.4 is 53.2 Å². The van der Waals surface area contributed by atoms with Crippen molar-refractivity contribution >= 4 is 65.6 Å². The Bertz CT molecular complexity index is 4710. The Morgan fingerprint density at radius 2 is 0.795 bits per heavy atom. The monoisotopic (exact) mass is 1810 g/mol. The maximum Gasteiger partial charge on any atom is 0.318 e. The molecule has 0 bridgehead atoms. The fourth-order valence-electron chi connectivity index (χ4n) is 18.4. The Kier molecular flexibility index (Phi) is 41.1. The molecule has 10 unspecified atom stereocenters. The van der Waals surface area contributed by atoms with Crippen LogP contribution in [0, 0.1) is 5.92 Å². The first-order valence-corrected chi connectivity index (χ1v) is 48.2. The summed E-state index contributed by atoms with van der Waals surface area (Å²) in [6.07, 6.45) is 22.8. The van der Waals surface area contributed by atoms with Crippen molar-refractivity contribution in [2.45, 2.75) is 282 Å². The normalized spacial score (nSPS) is 20.9. The van der Waals surface area contributed by atoms with Crippen LogP contribution >= 0.6 is 0 Å². The summed E-state index contributed by atoms with van der Waals surface area (Å²) >= 11 is 0. The topological polar surface area (TPSA) is 345 Å². The van der Waals surface area contributed by atoms with Gasteiger partial charge in [-0.15, -0.1) is 0 Å². The first-order chi connectivity index (χ1) is 63.9. The first-order valence-electron chi connectivity index (χ1n) is 48.2. The third kappa shape index (κ3) is 30.9. The molecule has 1 saturated carbocycles. The van der Waals surface area contributed by atoms with E-state index < -0.39 is 30.2 Å². The number of benzene rings is 6. The van der Waals surface area contributed by atoms with Gasteiger partial charge in [-0.1, -0.05) is 242 Å². The molecule has 7 aliphatic rings. The van der Waals surface area contributed by atoms with Gasteiger partial charge in [0.15, 0.2) is 0 Å². The smallest absolute Gasteiger partial charge is 0.318 e. The number of unbranched alkanes of at least 4 members (excludes halogenated alkanes) is 1. The lowest BCUT2D eigenvalue weighted by atomic mass is 9.94. The maximum atomic E-state index is 13.4. The minimum absolute atomic E-state index is 0.00843. The molecule has 1 aromatic heterocycles. The summed E-state index contributed by atoms with van der Waals surface area (Å²) in [5.74, 6) is 0.0285. The van der Waals surface area contributed by atoms with Crippen LogP contribution in [0.5, 0.6) is 0 Å². The van der Waals surface area contributed by atoms with E-state index in [0.717, 1.165) is 106 Å². The van der Waals surface area contributed by atoms with Crippen LogP contribution in [0.4, 0.5) is 24.0 Å². The molecule has 132 heavy (non-hydrogen) atoms. The first kappa shape index (κ1) is 102. The van der Waals surface area contributed by atoms with Crippen molar-refractivity contribution in [2.24, 2.45) is 5.92 Å². The lowest BCUT2D eigenvalue weighted by Crippen LogP contribution is -2.52. The maximum absolute atomic E-state index is 13.4. The Morgan fingerprint density at radius 1 is 0.394 bits per heavy atom. The van der Waals surface area contributed by atoms with Gasteiger partial charge in [-0.25, -0.2) is 29.0 Å². The Labute approximate surface area is 781 Å². The number of likely N-dealkylation sites (tertiary alicyclic amines) is 1. The molecule has 29 nitrogen and oxygen atoms in total. The van der Waals surface area contributed by atoms with E-state index in [9.17, 15) is 52.7 Å². The molecule has 6 aromatic carbocycles. The highest BCUT2D eigenvalue weighted by molar-refractivity contribution is 5.95. The van der Waals surface area contributed by atoms with Crippen molar-refractivity contribution in [1.29, 1.82) is 0 Å². The number of nitrogens with one attached hydrogen (secondary N) is 10. The number of nitrogens with zero attached hydrogens (tertiary/aromatic N) is 8. The molecule has 10 N–H and O–H groups in total. The molecular formula is C103H144N18O11. The Morgan fingerprint density at radius 3 is 1.23 bits per heavy atom. The van der Waals surface area contributed by atoms with Crippen molar-refractivity contribution in [3.8, 4) is 0 Å². The molecule has 16 amide bonds. The molecule has 10 atom stereocenters. The molecule has 1 aliphatic carbocycles. The number of hydrogen-bond donors (Lipinski definition) is 10. The SMILES string of the molecule is CC(C)NC(=O)C1C(Cc2ccccc2)NC(=O)N1CCCn1ccnc1.CCCCNC(=O)C1C(CCc2ccccc2)NC(=O)N1CCCN1CCCC1=O.CCCN1C(=O)NC(C(C)C)C1C(=O)NCc1ccccc1.CCCN1C(=O)NC(Cc2ccccc2)C1C(=O)NC(C)C.O=C(NC1CCCCC1)C1C(Cc2ccccc2)NC(=O)N1CCCc1ccccc1. The van der Waals surface area contributed by atoms with Gasteiger partial charge in [-0.3, -0.25) is 28.8 Å². The Hall–Kier alpha value is -12.3. The van der Waals surface area contributed by atoms with Crippen molar-refractivity contribution in [1.82, 2.24) is 92.1 Å². The highest BCUT2D eigenvalue weighted by Gasteiger charge is 2.49. The average molecular weight is 1810 g/mol. The van der Waals surface area contributed by atoms with Gasteiger partial charge in [0.2, 0.25) is 35.4 Å². The summed E-state index contributed by atoms with van der Waals surface area (Å²) in [5, 5.41) is 30.2. The van der Waals surface area contributed by atoms with Gasteiger partial charge in [0.25, 0.3) is 0 Å². The number of carbonyl (C=O) groups is 11. The van der Waals surface area contributed by atoms with E-state index in [-0.39, 0.29) is 120 Å². The molecule has 7 heterocycles. The minimum Gasteiger partial charge on any atom is -0.354 e. The molecule has 14 rings (SSSR count). The molecule has 712 valence electrons. The minimum atomic E-state index is -0.511. The van der Waals surface area contributed by atoms with Crippen molar-refractivity contribution in [3.05, 3.63) is 234 Å². The number of rotatable bonds is 39. The van der Waals surface area contributed by atoms with E-state index in [1.54, 1.807) is 37.0 Å². The van der Waals surface area contributed by atoms with Gasteiger partial charge in [0.1, 0.15) is 30.2 Å². The lowest BCUT2D eigenvalue weighted by molar-refractivity contribution is -0.128. The van der Waals surface area contributed by atoms with Crippen LogP contribution in [-0.4, -0.2) is 235 Å². The number of urea groups is 5. The number of amides is 16.